The van der Waals surface area contributed by atoms with Crippen LogP contribution in [-0.2, 0) is 6.42 Å². The summed E-state index contributed by atoms with van der Waals surface area (Å²) in [5.41, 5.74) is 8.23. The molecule has 0 aliphatic heterocycles. The number of likely N-dealkylation sites (N-methyl/N-ethyl adjacent to an activating group) is 1. The predicted molar refractivity (Wildman–Crippen MR) is 88.1 cm³/mol. The first-order valence-corrected chi connectivity index (χ1v) is 7.12. The summed E-state index contributed by atoms with van der Waals surface area (Å²) in [5, 5.41) is 5.93. The summed E-state index contributed by atoms with van der Waals surface area (Å²) in [6, 6.07) is 19.3. The van der Waals surface area contributed by atoms with E-state index in [0.29, 0.717) is 5.82 Å². The van der Waals surface area contributed by atoms with Gasteiger partial charge >= 0.3 is 0 Å². The van der Waals surface area contributed by atoms with Crippen LogP contribution in [0.3, 0.4) is 0 Å². The molecule has 0 amide bonds. The number of pyridine rings is 1. The fourth-order valence-corrected chi connectivity index (χ4v) is 2.67. The van der Waals surface area contributed by atoms with Crippen LogP contribution in [0.4, 0.5) is 5.82 Å². The summed E-state index contributed by atoms with van der Waals surface area (Å²) in [6.07, 6.45) is 2.65. The standard InChI is InChI=1S/C18H19N3/c1-20-17(10-13-8-9-21-18(19)11-13)16-7-6-14-4-2-3-5-15(14)12-16/h2-9,11-12,17,20H,10H2,1H3,(H2,19,21). The Morgan fingerprint density at radius 2 is 1.86 bits per heavy atom. The molecule has 0 bridgehead atoms. The quantitative estimate of drug-likeness (QED) is 0.769. The molecule has 3 heteroatoms. The maximum atomic E-state index is 5.76. The van der Waals surface area contributed by atoms with E-state index in [-0.39, 0.29) is 6.04 Å². The number of anilines is 1. The molecular weight excluding hydrogens is 258 g/mol. The van der Waals surface area contributed by atoms with Crippen molar-refractivity contribution in [1.29, 1.82) is 0 Å². The maximum Gasteiger partial charge on any atom is 0.123 e. The Bertz CT molecular complexity index is 752. The first kappa shape index (κ1) is 13.6. The normalized spacial score (nSPS) is 12.4. The lowest BCUT2D eigenvalue weighted by atomic mass is 9.97. The van der Waals surface area contributed by atoms with Gasteiger partial charge in [0.25, 0.3) is 0 Å². The minimum Gasteiger partial charge on any atom is -0.384 e. The van der Waals surface area contributed by atoms with Crippen molar-refractivity contribution in [2.75, 3.05) is 12.8 Å². The monoisotopic (exact) mass is 277 g/mol. The van der Waals surface area contributed by atoms with Gasteiger partial charge in [-0.25, -0.2) is 4.98 Å². The molecule has 106 valence electrons. The molecule has 3 nitrogen and oxygen atoms in total. The lowest BCUT2D eigenvalue weighted by molar-refractivity contribution is 0.592. The molecule has 1 unspecified atom stereocenters. The molecule has 0 saturated heterocycles. The second-order valence-electron chi connectivity index (χ2n) is 5.24. The largest absolute Gasteiger partial charge is 0.384 e. The molecule has 2 aromatic carbocycles. The van der Waals surface area contributed by atoms with Crippen LogP contribution in [0.25, 0.3) is 10.8 Å². The molecule has 1 atom stereocenters. The second kappa shape index (κ2) is 5.94. The molecule has 0 aliphatic rings. The summed E-state index contributed by atoms with van der Waals surface area (Å²) in [6.45, 7) is 0. The van der Waals surface area contributed by atoms with Gasteiger partial charge in [0.1, 0.15) is 5.82 Å². The van der Waals surface area contributed by atoms with Crippen molar-refractivity contribution in [3.05, 3.63) is 71.9 Å². The Hall–Kier alpha value is -2.39. The summed E-state index contributed by atoms with van der Waals surface area (Å²) in [7, 11) is 1.99. The lowest BCUT2D eigenvalue weighted by Crippen LogP contribution is -2.18. The number of nitrogens with two attached hydrogens (primary N) is 1. The van der Waals surface area contributed by atoms with Gasteiger partial charge in [0.05, 0.1) is 0 Å². The van der Waals surface area contributed by atoms with Crippen LogP contribution in [0.15, 0.2) is 60.8 Å². The molecule has 3 aromatic rings. The molecule has 0 aliphatic carbocycles. The van der Waals surface area contributed by atoms with Gasteiger partial charge in [0, 0.05) is 12.2 Å². The number of nitrogens with one attached hydrogen (secondary N) is 1. The third-order valence-electron chi connectivity index (χ3n) is 3.81. The fraction of sp³-hybridized carbons (Fsp3) is 0.167. The first-order chi connectivity index (χ1) is 10.3. The molecule has 21 heavy (non-hydrogen) atoms. The van der Waals surface area contributed by atoms with Gasteiger partial charge in [-0.3, -0.25) is 0 Å². The fourth-order valence-electron chi connectivity index (χ4n) is 2.67. The van der Waals surface area contributed by atoms with E-state index < -0.39 is 0 Å². The van der Waals surface area contributed by atoms with Gasteiger partial charge in [-0.2, -0.15) is 0 Å². The summed E-state index contributed by atoms with van der Waals surface area (Å²) in [4.78, 5) is 4.04. The van der Waals surface area contributed by atoms with Gasteiger partial charge < -0.3 is 11.1 Å². The van der Waals surface area contributed by atoms with Crippen LogP contribution >= 0.6 is 0 Å². The van der Waals surface area contributed by atoms with Crippen LogP contribution in [0.2, 0.25) is 0 Å². The van der Waals surface area contributed by atoms with E-state index in [1.807, 2.05) is 19.2 Å². The SMILES string of the molecule is CNC(Cc1ccnc(N)c1)c1ccc2ccccc2c1. The Morgan fingerprint density at radius 3 is 2.62 bits per heavy atom. The minimum absolute atomic E-state index is 0.261. The van der Waals surface area contributed by atoms with Crippen molar-refractivity contribution in [3.8, 4) is 0 Å². The average Bonchev–Trinajstić information content (AvgIpc) is 2.52. The van der Waals surface area contributed by atoms with E-state index >= 15 is 0 Å². The Balaban J connectivity index is 1.90. The number of nitrogens with zero attached hydrogens (tertiary/aromatic N) is 1. The van der Waals surface area contributed by atoms with E-state index in [1.54, 1.807) is 6.20 Å². The van der Waals surface area contributed by atoms with Gasteiger partial charge in [-0.15, -0.1) is 0 Å². The zero-order valence-electron chi connectivity index (χ0n) is 12.1. The number of hydrogen-bond donors (Lipinski definition) is 2. The van der Waals surface area contributed by atoms with Crippen molar-refractivity contribution < 1.29 is 0 Å². The first-order valence-electron chi connectivity index (χ1n) is 7.12. The average molecular weight is 277 g/mol. The van der Waals surface area contributed by atoms with E-state index in [4.69, 9.17) is 5.73 Å². The number of rotatable bonds is 4. The molecular formula is C18H19N3. The number of fused-ring (bicyclic) bond motifs is 1. The van der Waals surface area contributed by atoms with E-state index in [0.717, 1.165) is 6.42 Å². The smallest absolute Gasteiger partial charge is 0.123 e. The number of nitrogen functional groups attached to an aromatic ring is 1. The van der Waals surface area contributed by atoms with Gasteiger partial charge in [-0.05, 0) is 53.6 Å². The molecule has 3 N–H and O–H groups in total. The second-order valence-corrected chi connectivity index (χ2v) is 5.24. The number of hydrogen-bond acceptors (Lipinski definition) is 3. The summed E-state index contributed by atoms with van der Waals surface area (Å²) >= 11 is 0. The highest BCUT2D eigenvalue weighted by atomic mass is 14.9. The molecule has 0 spiro atoms. The highest BCUT2D eigenvalue weighted by molar-refractivity contribution is 5.83. The van der Waals surface area contributed by atoms with Gasteiger partial charge in [0.15, 0.2) is 0 Å². The Morgan fingerprint density at radius 1 is 1.05 bits per heavy atom. The van der Waals surface area contributed by atoms with Crippen molar-refractivity contribution in [1.82, 2.24) is 10.3 Å². The third-order valence-corrected chi connectivity index (χ3v) is 3.81. The van der Waals surface area contributed by atoms with Crippen molar-refractivity contribution in [3.63, 3.8) is 0 Å². The van der Waals surface area contributed by atoms with E-state index in [9.17, 15) is 0 Å². The van der Waals surface area contributed by atoms with Crippen molar-refractivity contribution in [2.45, 2.75) is 12.5 Å². The van der Waals surface area contributed by atoms with Gasteiger partial charge in [-0.1, -0.05) is 36.4 Å². The number of benzene rings is 2. The zero-order chi connectivity index (χ0) is 14.7. The van der Waals surface area contributed by atoms with Crippen LogP contribution in [0.1, 0.15) is 17.2 Å². The van der Waals surface area contributed by atoms with Crippen molar-refractivity contribution >= 4 is 16.6 Å². The third kappa shape index (κ3) is 3.03. The lowest BCUT2D eigenvalue weighted by Gasteiger charge is -2.17. The molecule has 3 rings (SSSR count). The van der Waals surface area contributed by atoms with Crippen LogP contribution in [0.5, 0.6) is 0 Å². The van der Waals surface area contributed by atoms with Crippen LogP contribution < -0.4 is 11.1 Å². The Kier molecular flexibility index (Phi) is 3.84. The molecule has 0 fully saturated rings. The van der Waals surface area contributed by atoms with E-state index in [1.165, 1.54) is 21.9 Å². The van der Waals surface area contributed by atoms with Crippen LogP contribution in [0, 0.1) is 0 Å². The Labute approximate surface area is 124 Å². The van der Waals surface area contributed by atoms with Crippen LogP contribution in [-0.4, -0.2) is 12.0 Å². The van der Waals surface area contributed by atoms with Crippen molar-refractivity contribution in [2.24, 2.45) is 0 Å². The highest BCUT2D eigenvalue weighted by Crippen LogP contribution is 2.23. The summed E-state index contributed by atoms with van der Waals surface area (Å²) < 4.78 is 0. The molecule has 0 radical (unpaired) electrons. The molecule has 1 aromatic heterocycles. The van der Waals surface area contributed by atoms with E-state index in [2.05, 4.69) is 52.8 Å². The molecule has 0 saturated carbocycles. The zero-order valence-corrected chi connectivity index (χ0v) is 12.1. The minimum atomic E-state index is 0.261. The topological polar surface area (TPSA) is 50.9 Å². The molecule has 1 heterocycles. The van der Waals surface area contributed by atoms with Gasteiger partial charge in [0.2, 0.25) is 0 Å². The maximum absolute atomic E-state index is 5.76. The highest BCUT2D eigenvalue weighted by Gasteiger charge is 2.11. The number of aromatic nitrogens is 1. The predicted octanol–water partition coefficient (Wildman–Crippen LogP) is 3.32. The summed E-state index contributed by atoms with van der Waals surface area (Å²) in [5.74, 6) is 0.570.